The van der Waals surface area contributed by atoms with Gasteiger partial charge in [0.05, 0.1) is 11.9 Å². The molecule has 0 radical (unpaired) electrons. The van der Waals surface area contributed by atoms with Crippen LogP contribution in [0.15, 0.2) is 55.7 Å². The normalized spacial score (nSPS) is 28.4. The highest BCUT2D eigenvalue weighted by molar-refractivity contribution is 7.92. The van der Waals surface area contributed by atoms with Gasteiger partial charge in [0.15, 0.2) is 5.84 Å². The van der Waals surface area contributed by atoms with E-state index < -0.39 is 26.0 Å². The molecule has 36 heavy (non-hydrogen) atoms. The number of fused-ring (bicyclic) bond motifs is 6. The Hall–Kier alpha value is -2.90. The molecule has 13 heteroatoms. The molecular weight excluding hydrogens is 524 g/mol. The summed E-state index contributed by atoms with van der Waals surface area (Å²) >= 11 is 1.54. The molecule has 2 fully saturated rings. The van der Waals surface area contributed by atoms with Gasteiger partial charge in [0.2, 0.25) is 10.0 Å². The van der Waals surface area contributed by atoms with Gasteiger partial charge in [-0.1, -0.05) is 0 Å². The van der Waals surface area contributed by atoms with Crippen LogP contribution >= 0.6 is 11.3 Å². The fraction of sp³-hybridized carbons (Fsp3) is 0.391. The summed E-state index contributed by atoms with van der Waals surface area (Å²) in [5.41, 5.74) is 1.08. The Morgan fingerprint density at radius 1 is 1.25 bits per heavy atom. The van der Waals surface area contributed by atoms with E-state index in [-0.39, 0.29) is 51.3 Å². The molecule has 6 rings (SSSR count). The molecule has 190 valence electrons. The van der Waals surface area contributed by atoms with Gasteiger partial charge in [-0.15, -0.1) is 4.40 Å². The highest BCUT2D eigenvalue weighted by Crippen LogP contribution is 2.55. The molecule has 2 aliphatic heterocycles. The van der Waals surface area contributed by atoms with Gasteiger partial charge in [0, 0.05) is 24.2 Å². The van der Waals surface area contributed by atoms with Crippen LogP contribution in [-0.2, 0) is 31.4 Å². The number of hydrogen-bond acceptors (Lipinski definition) is 8. The first-order chi connectivity index (χ1) is 17.0. The minimum atomic E-state index is -4.29. The van der Waals surface area contributed by atoms with Gasteiger partial charge in [-0.3, -0.25) is 9.52 Å². The van der Waals surface area contributed by atoms with Crippen LogP contribution in [-0.4, -0.2) is 50.9 Å². The van der Waals surface area contributed by atoms with E-state index in [4.69, 9.17) is 0 Å². The van der Waals surface area contributed by atoms with Gasteiger partial charge in [-0.2, -0.15) is 19.8 Å². The van der Waals surface area contributed by atoms with Gasteiger partial charge in [0.25, 0.3) is 15.9 Å². The molecule has 10 nitrogen and oxygen atoms in total. The van der Waals surface area contributed by atoms with E-state index in [1.807, 2.05) is 16.8 Å². The Labute approximate surface area is 212 Å². The second-order valence-electron chi connectivity index (χ2n) is 9.80. The van der Waals surface area contributed by atoms with Crippen molar-refractivity contribution < 1.29 is 26.7 Å². The van der Waals surface area contributed by atoms with Crippen molar-refractivity contribution in [2.45, 2.75) is 36.7 Å². The Morgan fingerprint density at radius 3 is 2.75 bits per heavy atom. The van der Waals surface area contributed by atoms with E-state index in [2.05, 4.69) is 14.4 Å². The Morgan fingerprint density at radius 2 is 2.03 bits per heavy atom. The predicted octanol–water partition coefficient (Wildman–Crippen LogP) is 2.90. The summed E-state index contributed by atoms with van der Waals surface area (Å²) in [5, 5.41) is 18.2. The fourth-order valence-electron chi connectivity index (χ4n) is 6.17. The predicted molar refractivity (Wildman–Crippen MR) is 136 cm³/mol. The number of carbonyl (C=O) groups is 1. The third-order valence-electron chi connectivity index (χ3n) is 7.48. The quantitative estimate of drug-likeness (QED) is 0.521. The first kappa shape index (κ1) is 23.5. The van der Waals surface area contributed by atoms with Crippen molar-refractivity contribution in [1.29, 1.82) is 0 Å². The van der Waals surface area contributed by atoms with E-state index in [1.54, 1.807) is 4.90 Å². The summed E-state index contributed by atoms with van der Waals surface area (Å²) in [6.07, 6.45) is 3.86. The SMILES string of the molecule is CS(=O)(=O)Nc1ccc2c(c1)S(=O)(=O)N=C(C1=C(O)[C@@H]3[C@@H]4CC[C@@H](C4)[C@@H]3N(Cc3ccsc3)C1=O)N2. The molecule has 2 saturated carbocycles. The average molecular weight is 549 g/mol. The van der Waals surface area contributed by atoms with E-state index in [0.29, 0.717) is 12.5 Å². The number of aliphatic hydroxyl groups is 1. The minimum Gasteiger partial charge on any atom is -0.511 e. The summed E-state index contributed by atoms with van der Waals surface area (Å²) in [5.74, 6) is -0.495. The molecule has 4 atom stereocenters. The molecule has 0 saturated heterocycles. The number of amidine groups is 1. The number of nitrogens with zero attached hydrogens (tertiary/aromatic N) is 2. The number of amides is 1. The lowest BCUT2D eigenvalue weighted by Gasteiger charge is -2.44. The van der Waals surface area contributed by atoms with E-state index in [0.717, 1.165) is 31.1 Å². The van der Waals surface area contributed by atoms with Crippen LogP contribution in [0.5, 0.6) is 0 Å². The van der Waals surface area contributed by atoms with Crippen molar-refractivity contribution in [3.63, 3.8) is 0 Å². The summed E-state index contributed by atoms with van der Waals surface area (Å²) in [7, 11) is -7.90. The molecule has 1 amide bonds. The maximum absolute atomic E-state index is 13.8. The first-order valence-corrected chi connectivity index (χ1v) is 15.8. The zero-order chi connectivity index (χ0) is 25.4. The summed E-state index contributed by atoms with van der Waals surface area (Å²) in [4.78, 5) is 15.4. The molecule has 4 aliphatic rings. The van der Waals surface area contributed by atoms with E-state index >= 15 is 0 Å². The van der Waals surface area contributed by atoms with Crippen LogP contribution in [0.1, 0.15) is 24.8 Å². The van der Waals surface area contributed by atoms with Crippen molar-refractivity contribution in [3.05, 3.63) is 51.9 Å². The number of rotatable bonds is 5. The number of hydrogen-bond donors (Lipinski definition) is 3. The molecule has 3 N–H and O–H groups in total. The van der Waals surface area contributed by atoms with Crippen molar-refractivity contribution in [2.75, 3.05) is 16.3 Å². The second kappa shape index (κ2) is 8.05. The topological polar surface area (TPSA) is 145 Å². The lowest BCUT2D eigenvalue weighted by molar-refractivity contribution is -0.134. The molecule has 2 aromatic rings. The Bertz CT molecular complexity index is 1550. The van der Waals surface area contributed by atoms with E-state index in [9.17, 15) is 26.7 Å². The smallest absolute Gasteiger partial charge is 0.286 e. The van der Waals surface area contributed by atoms with Crippen molar-refractivity contribution in [2.24, 2.45) is 22.2 Å². The molecule has 2 bridgehead atoms. The van der Waals surface area contributed by atoms with Crippen LogP contribution in [0.25, 0.3) is 0 Å². The lowest BCUT2D eigenvalue weighted by atomic mass is 9.77. The van der Waals surface area contributed by atoms with Crippen LogP contribution in [0.3, 0.4) is 0 Å². The molecule has 0 unspecified atom stereocenters. The number of benzene rings is 1. The van der Waals surface area contributed by atoms with E-state index in [1.165, 1.54) is 29.5 Å². The number of thiophene rings is 1. The molecule has 1 aromatic carbocycles. The molecule has 0 spiro atoms. The molecule has 2 aliphatic carbocycles. The number of nitrogens with one attached hydrogen (secondary N) is 2. The average Bonchev–Trinajstić information content (AvgIpc) is 3.54. The van der Waals surface area contributed by atoms with Crippen LogP contribution in [0.2, 0.25) is 0 Å². The monoisotopic (exact) mass is 548 g/mol. The highest BCUT2D eigenvalue weighted by atomic mass is 32.2. The highest BCUT2D eigenvalue weighted by Gasteiger charge is 2.57. The van der Waals surface area contributed by atoms with Crippen LogP contribution in [0, 0.1) is 17.8 Å². The van der Waals surface area contributed by atoms with Crippen LogP contribution in [0.4, 0.5) is 11.4 Å². The number of carbonyl (C=O) groups excluding carboxylic acids is 1. The maximum Gasteiger partial charge on any atom is 0.286 e. The summed E-state index contributed by atoms with van der Waals surface area (Å²) in [6.45, 7) is 0.376. The lowest BCUT2D eigenvalue weighted by Crippen LogP contribution is -2.53. The van der Waals surface area contributed by atoms with Crippen molar-refractivity contribution >= 4 is 54.5 Å². The van der Waals surface area contributed by atoms with Gasteiger partial charge in [0.1, 0.15) is 16.2 Å². The molecule has 3 heterocycles. The Kier molecular flexibility index (Phi) is 5.25. The molecular formula is C23H24N4O6S3. The summed E-state index contributed by atoms with van der Waals surface area (Å²) in [6, 6.07) is 5.82. The van der Waals surface area contributed by atoms with Gasteiger partial charge in [-0.05, 0) is 71.7 Å². The zero-order valence-corrected chi connectivity index (χ0v) is 21.7. The minimum absolute atomic E-state index is 0.0721. The number of aliphatic hydroxyl groups excluding tert-OH is 1. The van der Waals surface area contributed by atoms with Crippen molar-refractivity contribution in [1.82, 2.24) is 4.90 Å². The zero-order valence-electron chi connectivity index (χ0n) is 19.2. The molecule has 1 aromatic heterocycles. The van der Waals surface area contributed by atoms with Gasteiger partial charge < -0.3 is 15.3 Å². The third-order valence-corrected chi connectivity index (χ3v) is 10.1. The Balaban J connectivity index is 1.42. The van der Waals surface area contributed by atoms with Gasteiger partial charge >= 0.3 is 0 Å². The first-order valence-electron chi connectivity index (χ1n) is 11.5. The fourth-order valence-corrected chi connectivity index (χ4v) is 8.54. The standard InChI is InChI=1S/C23H24N4O6S3/c1-35(30,31)25-15-4-5-16-17(9-15)36(32,33)26-22(24-16)19-21(28)18-13-2-3-14(8-13)20(18)27(23(19)29)10-12-6-7-34-11-12/h4-7,9,11,13-14,18,20,25,28H,2-3,8,10H2,1H3,(H,24,26)/t13-,14+,18-,20+/m1/s1. The second-order valence-corrected chi connectivity index (χ2v) is 13.9. The maximum atomic E-state index is 13.8. The number of anilines is 2. The van der Waals surface area contributed by atoms with Crippen LogP contribution < -0.4 is 10.0 Å². The summed E-state index contributed by atoms with van der Waals surface area (Å²) < 4.78 is 55.5. The third kappa shape index (κ3) is 3.80. The number of sulfonamides is 2. The largest absolute Gasteiger partial charge is 0.511 e. The van der Waals surface area contributed by atoms with Crippen molar-refractivity contribution in [3.8, 4) is 0 Å². The van der Waals surface area contributed by atoms with Gasteiger partial charge in [-0.25, -0.2) is 8.42 Å².